The van der Waals surface area contributed by atoms with Crippen molar-refractivity contribution in [2.75, 3.05) is 44.3 Å². The zero-order chi connectivity index (χ0) is 22.5. The van der Waals surface area contributed by atoms with Gasteiger partial charge in [0.2, 0.25) is 5.91 Å². The Labute approximate surface area is 186 Å². The van der Waals surface area contributed by atoms with E-state index in [1.807, 2.05) is 18.2 Å². The highest BCUT2D eigenvalue weighted by Crippen LogP contribution is 2.25. The summed E-state index contributed by atoms with van der Waals surface area (Å²) in [5.41, 5.74) is 3.17. The van der Waals surface area contributed by atoms with Gasteiger partial charge in [-0.2, -0.15) is 0 Å². The molecule has 168 valence electrons. The van der Waals surface area contributed by atoms with Gasteiger partial charge in [0.1, 0.15) is 0 Å². The van der Waals surface area contributed by atoms with Gasteiger partial charge < -0.3 is 25.0 Å². The van der Waals surface area contributed by atoms with Gasteiger partial charge in [0.15, 0.2) is 0 Å². The van der Waals surface area contributed by atoms with Crippen molar-refractivity contribution in [2.45, 2.75) is 18.9 Å². The van der Waals surface area contributed by atoms with Crippen molar-refractivity contribution in [2.24, 2.45) is 0 Å². The maximum atomic E-state index is 13.1. The first-order chi connectivity index (χ1) is 15.5. The molecular formula is C23H26N4O5. The van der Waals surface area contributed by atoms with Gasteiger partial charge in [0.25, 0.3) is 5.91 Å². The summed E-state index contributed by atoms with van der Waals surface area (Å²) in [5.74, 6) is -1.62. The second-order valence-corrected chi connectivity index (χ2v) is 7.92. The predicted octanol–water partition coefficient (Wildman–Crippen LogP) is 1.25. The normalized spacial score (nSPS) is 16.9. The highest BCUT2D eigenvalue weighted by molar-refractivity contribution is 5.99. The second kappa shape index (κ2) is 9.78. The molecule has 0 bridgehead atoms. The number of hydrogen-bond acceptors (Lipinski definition) is 6. The zero-order valence-electron chi connectivity index (χ0n) is 17.7. The summed E-state index contributed by atoms with van der Waals surface area (Å²) >= 11 is 0. The van der Waals surface area contributed by atoms with Crippen LogP contribution in [0.1, 0.15) is 33.9 Å². The number of aromatic nitrogens is 1. The Kier molecular flexibility index (Phi) is 6.65. The fourth-order valence-electron chi connectivity index (χ4n) is 4.10. The van der Waals surface area contributed by atoms with Gasteiger partial charge >= 0.3 is 5.97 Å². The lowest BCUT2D eigenvalue weighted by molar-refractivity contribution is -0.137. The molecule has 0 unspecified atom stereocenters. The van der Waals surface area contributed by atoms with E-state index in [-0.39, 0.29) is 18.9 Å². The van der Waals surface area contributed by atoms with Crippen molar-refractivity contribution in [3.8, 4) is 0 Å². The van der Waals surface area contributed by atoms with Crippen molar-refractivity contribution in [1.29, 1.82) is 0 Å². The Balaban J connectivity index is 1.44. The number of nitrogens with one attached hydrogen (secondary N) is 1. The van der Waals surface area contributed by atoms with Crippen LogP contribution < -0.4 is 10.2 Å². The van der Waals surface area contributed by atoms with E-state index >= 15 is 0 Å². The highest BCUT2D eigenvalue weighted by Gasteiger charge is 2.28. The first kappa shape index (κ1) is 21.8. The van der Waals surface area contributed by atoms with E-state index in [1.54, 1.807) is 18.3 Å². The lowest BCUT2D eigenvalue weighted by Gasteiger charge is -2.32. The van der Waals surface area contributed by atoms with Gasteiger partial charge in [-0.05, 0) is 35.7 Å². The molecule has 1 fully saturated rings. The summed E-state index contributed by atoms with van der Waals surface area (Å²) < 4.78 is 5.40. The quantitative estimate of drug-likeness (QED) is 0.669. The van der Waals surface area contributed by atoms with E-state index in [1.165, 1.54) is 11.1 Å². The first-order valence-corrected chi connectivity index (χ1v) is 10.7. The number of fused-ring (bicyclic) bond motifs is 1. The van der Waals surface area contributed by atoms with Gasteiger partial charge in [-0.25, -0.2) is 0 Å². The van der Waals surface area contributed by atoms with Crippen molar-refractivity contribution < 1.29 is 24.2 Å². The molecule has 2 N–H and O–H groups in total. The fourth-order valence-corrected chi connectivity index (χ4v) is 4.10. The molecule has 2 amide bonds. The minimum Gasteiger partial charge on any atom is -0.481 e. The maximum absolute atomic E-state index is 13.1. The number of amides is 2. The highest BCUT2D eigenvalue weighted by atomic mass is 16.5. The molecule has 0 spiro atoms. The topological polar surface area (TPSA) is 112 Å². The van der Waals surface area contributed by atoms with E-state index in [0.717, 1.165) is 24.3 Å². The number of morpholine rings is 1. The number of ether oxygens (including phenoxy) is 1. The Morgan fingerprint density at radius 2 is 2.00 bits per heavy atom. The third-order valence-corrected chi connectivity index (χ3v) is 5.77. The van der Waals surface area contributed by atoms with E-state index in [4.69, 9.17) is 4.74 Å². The van der Waals surface area contributed by atoms with Crippen molar-refractivity contribution in [3.63, 3.8) is 0 Å². The third-order valence-electron chi connectivity index (χ3n) is 5.77. The van der Waals surface area contributed by atoms with Crippen molar-refractivity contribution >= 4 is 23.5 Å². The summed E-state index contributed by atoms with van der Waals surface area (Å²) in [6.07, 6.45) is 3.51. The molecule has 2 aliphatic heterocycles. The van der Waals surface area contributed by atoms with Crippen LogP contribution in [-0.2, 0) is 20.7 Å². The number of pyridine rings is 1. The average Bonchev–Trinajstić information content (AvgIpc) is 2.81. The molecule has 1 saturated heterocycles. The Bertz CT molecular complexity index is 991. The van der Waals surface area contributed by atoms with Gasteiger partial charge in [-0.15, -0.1) is 0 Å². The molecule has 3 heterocycles. The number of hydrogen-bond donors (Lipinski definition) is 2. The molecule has 9 heteroatoms. The van der Waals surface area contributed by atoms with Crippen LogP contribution in [0.15, 0.2) is 42.7 Å². The van der Waals surface area contributed by atoms with E-state index in [2.05, 4.69) is 15.2 Å². The van der Waals surface area contributed by atoms with Gasteiger partial charge in [-0.3, -0.25) is 19.4 Å². The number of nitrogens with zero attached hydrogens (tertiary/aromatic N) is 3. The van der Waals surface area contributed by atoms with Gasteiger partial charge in [-0.1, -0.05) is 12.1 Å². The second-order valence-electron chi connectivity index (χ2n) is 7.92. The van der Waals surface area contributed by atoms with Crippen LogP contribution in [0, 0.1) is 0 Å². The van der Waals surface area contributed by atoms with Crippen molar-refractivity contribution in [1.82, 2.24) is 15.2 Å². The number of benzene rings is 1. The molecule has 0 radical (unpaired) electrons. The smallest absolute Gasteiger partial charge is 0.305 e. The third kappa shape index (κ3) is 5.05. The molecule has 1 aromatic heterocycles. The Morgan fingerprint density at radius 3 is 2.72 bits per heavy atom. The summed E-state index contributed by atoms with van der Waals surface area (Å²) in [7, 11) is 0. The van der Waals surface area contributed by atoms with Crippen LogP contribution >= 0.6 is 0 Å². The van der Waals surface area contributed by atoms with Crippen molar-refractivity contribution in [3.05, 3.63) is 59.4 Å². The largest absolute Gasteiger partial charge is 0.481 e. The zero-order valence-corrected chi connectivity index (χ0v) is 17.7. The molecular weight excluding hydrogens is 412 g/mol. The Hall–Kier alpha value is -3.46. The minimum atomic E-state index is -1.03. The van der Waals surface area contributed by atoms with Gasteiger partial charge in [0, 0.05) is 43.3 Å². The lowest BCUT2D eigenvalue weighted by atomic mass is 9.97. The number of carboxylic acid groups (broad SMARTS) is 1. The van der Waals surface area contributed by atoms with Crippen LogP contribution in [0.4, 0.5) is 5.69 Å². The number of carbonyl (C=O) groups excluding carboxylic acids is 2. The molecule has 2 aliphatic rings. The average molecular weight is 438 g/mol. The molecule has 0 aliphatic carbocycles. The van der Waals surface area contributed by atoms with Crippen LogP contribution in [0.5, 0.6) is 0 Å². The SMILES string of the molecule is O=C(O)C[C@H](NC(=O)CN1CCc2ccc(N3CCOCC3)cc2C1=O)c1cccnc1. The minimum absolute atomic E-state index is 0.129. The van der Waals surface area contributed by atoms with Crippen LogP contribution in [0.2, 0.25) is 0 Å². The summed E-state index contributed by atoms with van der Waals surface area (Å²) in [5, 5.41) is 12.0. The van der Waals surface area contributed by atoms with Crippen LogP contribution in [-0.4, -0.2) is 72.2 Å². The number of rotatable bonds is 7. The number of carbonyl (C=O) groups is 3. The molecule has 1 atom stereocenters. The number of aliphatic carboxylic acids is 1. The van der Waals surface area contributed by atoms with E-state index in [0.29, 0.717) is 37.3 Å². The van der Waals surface area contributed by atoms with Crippen LogP contribution in [0.3, 0.4) is 0 Å². The number of anilines is 1. The Morgan fingerprint density at radius 1 is 1.19 bits per heavy atom. The monoisotopic (exact) mass is 438 g/mol. The molecule has 4 rings (SSSR count). The fraction of sp³-hybridized carbons (Fsp3) is 0.391. The molecule has 32 heavy (non-hydrogen) atoms. The van der Waals surface area contributed by atoms with E-state index in [9.17, 15) is 19.5 Å². The first-order valence-electron chi connectivity index (χ1n) is 10.7. The standard InChI is InChI=1S/C23H26N4O5/c28-21(25-20(13-22(29)30)17-2-1-6-24-14-17)15-27-7-5-16-3-4-18(12-19(16)23(27)31)26-8-10-32-11-9-26/h1-4,6,12,14,20H,5,7-11,13,15H2,(H,25,28)(H,29,30)/t20-/m0/s1. The molecule has 9 nitrogen and oxygen atoms in total. The van der Waals surface area contributed by atoms with Crippen LogP contribution in [0.25, 0.3) is 0 Å². The summed E-state index contributed by atoms with van der Waals surface area (Å²) in [6, 6.07) is 8.61. The summed E-state index contributed by atoms with van der Waals surface area (Å²) in [4.78, 5) is 44.8. The lowest BCUT2D eigenvalue weighted by Crippen LogP contribution is -2.45. The number of carboxylic acids is 1. The maximum Gasteiger partial charge on any atom is 0.305 e. The molecule has 1 aromatic carbocycles. The van der Waals surface area contributed by atoms with Gasteiger partial charge in [0.05, 0.1) is 32.2 Å². The predicted molar refractivity (Wildman–Crippen MR) is 116 cm³/mol. The summed E-state index contributed by atoms with van der Waals surface area (Å²) in [6.45, 7) is 3.18. The van der Waals surface area contributed by atoms with E-state index < -0.39 is 17.9 Å². The molecule has 0 saturated carbocycles. The molecule has 2 aromatic rings.